The van der Waals surface area contributed by atoms with Gasteiger partial charge in [-0.15, -0.1) is 0 Å². The molecule has 0 saturated carbocycles. The summed E-state index contributed by atoms with van der Waals surface area (Å²) in [6, 6.07) is 9.89. The Morgan fingerprint density at radius 2 is 2.00 bits per heavy atom. The lowest BCUT2D eigenvalue weighted by atomic mass is 9.89. The molecule has 2 aromatic carbocycles. The van der Waals surface area contributed by atoms with E-state index in [0.717, 1.165) is 16.8 Å². The molecule has 2 aromatic rings. The fraction of sp³-hybridized carbons (Fsp3) is 0.222. The summed E-state index contributed by atoms with van der Waals surface area (Å²) in [6.07, 6.45) is 0.0509. The van der Waals surface area contributed by atoms with Gasteiger partial charge in [-0.1, -0.05) is 18.2 Å². The number of amides is 2. The predicted octanol–water partition coefficient (Wildman–Crippen LogP) is 3.51. The third-order valence-corrected chi connectivity index (χ3v) is 4.02. The van der Waals surface area contributed by atoms with E-state index in [0.29, 0.717) is 11.3 Å². The summed E-state index contributed by atoms with van der Waals surface area (Å²) in [7, 11) is 0. The van der Waals surface area contributed by atoms with E-state index in [9.17, 15) is 14.0 Å². The maximum atomic E-state index is 13.3. The van der Waals surface area contributed by atoms with Gasteiger partial charge in [0.1, 0.15) is 5.82 Å². The molecule has 23 heavy (non-hydrogen) atoms. The molecule has 0 saturated heterocycles. The first-order chi connectivity index (χ1) is 10.9. The van der Waals surface area contributed by atoms with Crippen molar-refractivity contribution >= 4 is 23.2 Å². The van der Waals surface area contributed by atoms with Gasteiger partial charge in [0.05, 0.1) is 5.92 Å². The van der Waals surface area contributed by atoms with Crippen LogP contribution in [-0.2, 0) is 9.59 Å². The van der Waals surface area contributed by atoms with E-state index in [4.69, 9.17) is 0 Å². The van der Waals surface area contributed by atoms with Crippen LogP contribution in [0.25, 0.3) is 0 Å². The lowest BCUT2D eigenvalue weighted by Crippen LogP contribution is -2.31. The van der Waals surface area contributed by atoms with Crippen LogP contribution in [0, 0.1) is 19.7 Å². The summed E-state index contributed by atoms with van der Waals surface area (Å²) >= 11 is 0. The molecule has 1 aliphatic rings. The Morgan fingerprint density at radius 1 is 1.22 bits per heavy atom. The number of carbonyl (C=O) groups excluding carboxylic acids is 2. The van der Waals surface area contributed by atoms with Crippen LogP contribution < -0.4 is 10.6 Å². The van der Waals surface area contributed by atoms with Crippen LogP contribution in [0.2, 0.25) is 0 Å². The molecule has 0 aliphatic carbocycles. The highest BCUT2D eigenvalue weighted by atomic mass is 19.1. The van der Waals surface area contributed by atoms with E-state index in [1.165, 1.54) is 12.1 Å². The lowest BCUT2D eigenvalue weighted by molar-refractivity contribution is -0.123. The quantitative estimate of drug-likeness (QED) is 0.891. The number of halogens is 1. The van der Waals surface area contributed by atoms with Crippen molar-refractivity contribution in [2.75, 3.05) is 10.6 Å². The number of aryl methyl sites for hydroxylation is 2. The summed E-state index contributed by atoms with van der Waals surface area (Å²) in [6.45, 7) is 3.85. The van der Waals surface area contributed by atoms with Crippen molar-refractivity contribution in [3.8, 4) is 0 Å². The average molecular weight is 312 g/mol. The maximum absolute atomic E-state index is 13.3. The molecule has 0 spiro atoms. The first-order valence-corrected chi connectivity index (χ1v) is 7.41. The molecule has 0 bridgehead atoms. The zero-order valence-electron chi connectivity index (χ0n) is 12.9. The minimum Gasteiger partial charge on any atom is -0.326 e. The Kier molecular flexibility index (Phi) is 3.86. The number of carbonyl (C=O) groups is 2. The number of hydrogen-bond acceptors (Lipinski definition) is 2. The smallest absolute Gasteiger partial charge is 0.232 e. The minimum atomic E-state index is -0.626. The average Bonchev–Trinajstić information content (AvgIpc) is 2.49. The van der Waals surface area contributed by atoms with Crippen molar-refractivity contribution in [2.24, 2.45) is 0 Å². The number of anilines is 2. The summed E-state index contributed by atoms with van der Waals surface area (Å²) < 4.78 is 13.3. The minimum absolute atomic E-state index is 0.0509. The van der Waals surface area contributed by atoms with Crippen LogP contribution in [0.4, 0.5) is 15.8 Å². The number of hydrogen-bond donors (Lipinski definition) is 2. The van der Waals surface area contributed by atoms with E-state index in [1.807, 2.05) is 32.0 Å². The Morgan fingerprint density at radius 3 is 2.78 bits per heavy atom. The highest BCUT2D eigenvalue weighted by Gasteiger charge is 2.31. The first kappa shape index (κ1) is 15.2. The second-order valence-electron chi connectivity index (χ2n) is 5.84. The normalized spacial score (nSPS) is 16.5. The molecular formula is C18H17FN2O2. The standard InChI is InChI=1S/C18H17FN2O2/c1-10-3-4-11(2)15(7-10)21-18(23)14-9-17(22)20-16-8-12(19)5-6-13(14)16/h3-8,14H,9H2,1-2H3,(H,20,22)(H,21,23). The van der Waals surface area contributed by atoms with E-state index < -0.39 is 11.7 Å². The fourth-order valence-corrected chi connectivity index (χ4v) is 2.76. The van der Waals surface area contributed by atoms with Gasteiger partial charge in [0, 0.05) is 17.8 Å². The van der Waals surface area contributed by atoms with Gasteiger partial charge in [0.2, 0.25) is 11.8 Å². The summed E-state index contributed by atoms with van der Waals surface area (Å²) in [5.41, 5.74) is 3.71. The van der Waals surface area contributed by atoms with Crippen molar-refractivity contribution in [1.82, 2.24) is 0 Å². The number of fused-ring (bicyclic) bond motifs is 1. The summed E-state index contributed by atoms with van der Waals surface area (Å²) in [5.74, 6) is -1.62. The van der Waals surface area contributed by atoms with Gasteiger partial charge < -0.3 is 10.6 Å². The molecule has 2 N–H and O–H groups in total. The molecule has 0 fully saturated rings. The second kappa shape index (κ2) is 5.83. The van der Waals surface area contributed by atoms with Gasteiger partial charge in [-0.3, -0.25) is 9.59 Å². The van der Waals surface area contributed by atoms with Crippen LogP contribution in [0.3, 0.4) is 0 Å². The Labute approximate surface area is 133 Å². The third kappa shape index (κ3) is 3.08. The van der Waals surface area contributed by atoms with Gasteiger partial charge in [-0.25, -0.2) is 4.39 Å². The van der Waals surface area contributed by atoms with Crippen LogP contribution in [0.15, 0.2) is 36.4 Å². The van der Waals surface area contributed by atoms with Crippen LogP contribution in [0.5, 0.6) is 0 Å². The van der Waals surface area contributed by atoms with Gasteiger partial charge in [0.25, 0.3) is 0 Å². The molecule has 1 unspecified atom stereocenters. The number of benzene rings is 2. The molecule has 4 nitrogen and oxygen atoms in total. The molecule has 5 heteroatoms. The molecule has 0 aromatic heterocycles. The second-order valence-corrected chi connectivity index (χ2v) is 5.84. The molecule has 1 atom stereocenters. The molecule has 3 rings (SSSR count). The zero-order chi connectivity index (χ0) is 16.6. The van der Waals surface area contributed by atoms with Gasteiger partial charge >= 0.3 is 0 Å². The number of nitrogens with one attached hydrogen (secondary N) is 2. The molecule has 1 heterocycles. The van der Waals surface area contributed by atoms with Crippen molar-refractivity contribution in [1.29, 1.82) is 0 Å². The summed E-state index contributed by atoms with van der Waals surface area (Å²) in [5, 5.41) is 5.50. The Bertz CT molecular complexity index is 802. The van der Waals surface area contributed by atoms with Crippen molar-refractivity contribution in [3.05, 3.63) is 58.9 Å². The lowest BCUT2D eigenvalue weighted by Gasteiger charge is -2.25. The molecule has 0 radical (unpaired) electrons. The highest BCUT2D eigenvalue weighted by Crippen LogP contribution is 2.33. The van der Waals surface area contributed by atoms with Crippen LogP contribution in [0.1, 0.15) is 29.0 Å². The monoisotopic (exact) mass is 312 g/mol. The SMILES string of the molecule is Cc1ccc(C)c(NC(=O)C2CC(=O)Nc3cc(F)ccc32)c1. The van der Waals surface area contributed by atoms with Crippen molar-refractivity contribution in [3.63, 3.8) is 0 Å². The van der Waals surface area contributed by atoms with Gasteiger partial charge in [-0.2, -0.15) is 0 Å². The summed E-state index contributed by atoms with van der Waals surface area (Å²) in [4.78, 5) is 24.5. The van der Waals surface area contributed by atoms with Crippen LogP contribution >= 0.6 is 0 Å². The molecule has 118 valence electrons. The topological polar surface area (TPSA) is 58.2 Å². The van der Waals surface area contributed by atoms with Gasteiger partial charge in [0.15, 0.2) is 0 Å². The van der Waals surface area contributed by atoms with Crippen molar-refractivity contribution in [2.45, 2.75) is 26.2 Å². The predicted molar refractivity (Wildman–Crippen MR) is 86.9 cm³/mol. The number of rotatable bonds is 2. The Hall–Kier alpha value is -2.69. The van der Waals surface area contributed by atoms with Gasteiger partial charge in [-0.05, 0) is 48.7 Å². The molecule has 1 aliphatic heterocycles. The third-order valence-electron chi connectivity index (χ3n) is 4.02. The van der Waals surface area contributed by atoms with E-state index in [1.54, 1.807) is 6.07 Å². The highest BCUT2D eigenvalue weighted by molar-refractivity contribution is 6.05. The van der Waals surface area contributed by atoms with Crippen molar-refractivity contribution < 1.29 is 14.0 Å². The maximum Gasteiger partial charge on any atom is 0.232 e. The van der Waals surface area contributed by atoms with E-state index >= 15 is 0 Å². The van der Waals surface area contributed by atoms with E-state index in [-0.39, 0.29) is 18.2 Å². The van der Waals surface area contributed by atoms with E-state index in [2.05, 4.69) is 10.6 Å². The molecular weight excluding hydrogens is 295 g/mol. The molecule has 2 amide bonds. The first-order valence-electron chi connectivity index (χ1n) is 7.41. The fourth-order valence-electron chi connectivity index (χ4n) is 2.76. The van der Waals surface area contributed by atoms with Crippen LogP contribution in [-0.4, -0.2) is 11.8 Å². The largest absolute Gasteiger partial charge is 0.326 e. The Balaban J connectivity index is 1.91. The zero-order valence-corrected chi connectivity index (χ0v) is 12.9.